The maximum Gasteiger partial charge on any atom is 0.294 e. The second-order valence-corrected chi connectivity index (χ2v) is 6.90. The number of carbonyl (C=O) groups is 2. The number of nitrogens with zero attached hydrogens (tertiary/aromatic N) is 2. The van der Waals surface area contributed by atoms with Gasteiger partial charge in [0.05, 0.1) is 10.6 Å². The number of aromatic nitrogens is 1. The van der Waals surface area contributed by atoms with Crippen LogP contribution in [0.4, 0.5) is 4.39 Å². The highest BCUT2D eigenvalue weighted by molar-refractivity contribution is 6.30. The van der Waals surface area contributed by atoms with Gasteiger partial charge in [0.1, 0.15) is 11.5 Å². The van der Waals surface area contributed by atoms with Crippen molar-refractivity contribution in [3.05, 3.63) is 61.8 Å². The lowest BCUT2D eigenvalue weighted by molar-refractivity contribution is 0.0721. The molecule has 2 N–H and O–H groups in total. The molecule has 0 unspecified atom stereocenters. The maximum absolute atomic E-state index is 13.3. The summed E-state index contributed by atoms with van der Waals surface area (Å²) in [4.78, 5) is 39.0. The Labute approximate surface area is 158 Å². The van der Waals surface area contributed by atoms with Crippen LogP contribution in [0.2, 0.25) is 5.02 Å². The molecule has 7 nitrogen and oxygen atoms in total. The summed E-state index contributed by atoms with van der Waals surface area (Å²) in [6, 6.07) is 4.15. The van der Waals surface area contributed by atoms with E-state index in [0.29, 0.717) is 24.1 Å². The molecule has 1 aromatic heterocycles. The fourth-order valence-corrected chi connectivity index (χ4v) is 3.79. The number of aromatic hydroxyl groups is 1. The van der Waals surface area contributed by atoms with E-state index in [0.717, 1.165) is 0 Å². The maximum atomic E-state index is 13.3. The second-order valence-electron chi connectivity index (χ2n) is 6.49. The first kappa shape index (κ1) is 17.5. The number of pyridine rings is 1. The van der Waals surface area contributed by atoms with Gasteiger partial charge in [-0.1, -0.05) is 17.7 Å². The Kier molecular flexibility index (Phi) is 4.15. The third-order valence-corrected chi connectivity index (χ3v) is 5.16. The second kappa shape index (κ2) is 6.38. The van der Waals surface area contributed by atoms with Crippen LogP contribution in [0.3, 0.4) is 0 Å². The molecular formula is C18H15ClFN3O4. The molecule has 0 aliphatic carbocycles. The van der Waals surface area contributed by atoms with E-state index in [1.807, 2.05) is 0 Å². The quantitative estimate of drug-likeness (QED) is 0.807. The topological polar surface area (TPSA) is 91.6 Å². The SMILES string of the molecule is O=C1NCCn2c1c1c(c(O)c2=O)C(=O)N(Cc2ccc(F)c(Cl)c2)CC1. The molecule has 0 saturated carbocycles. The molecular weight excluding hydrogens is 377 g/mol. The van der Waals surface area contributed by atoms with Gasteiger partial charge in [-0.05, 0) is 24.1 Å². The minimum Gasteiger partial charge on any atom is -0.502 e. The first-order valence-corrected chi connectivity index (χ1v) is 8.76. The number of amides is 2. The molecule has 27 heavy (non-hydrogen) atoms. The molecule has 0 spiro atoms. The van der Waals surface area contributed by atoms with E-state index in [4.69, 9.17) is 11.6 Å². The molecule has 2 aliphatic heterocycles. The predicted molar refractivity (Wildman–Crippen MR) is 94.6 cm³/mol. The van der Waals surface area contributed by atoms with Crippen LogP contribution in [0.15, 0.2) is 23.0 Å². The lowest BCUT2D eigenvalue weighted by Gasteiger charge is -2.32. The third kappa shape index (κ3) is 2.76. The summed E-state index contributed by atoms with van der Waals surface area (Å²) < 4.78 is 14.5. The number of halogens is 2. The Morgan fingerprint density at radius 2 is 2.00 bits per heavy atom. The Balaban J connectivity index is 1.75. The molecule has 2 aromatic rings. The molecule has 0 fully saturated rings. The van der Waals surface area contributed by atoms with Crippen LogP contribution in [0, 0.1) is 5.82 Å². The van der Waals surface area contributed by atoms with Gasteiger partial charge in [-0.3, -0.25) is 19.0 Å². The van der Waals surface area contributed by atoms with Crippen molar-refractivity contribution < 1.29 is 19.1 Å². The van der Waals surface area contributed by atoms with Gasteiger partial charge in [-0.2, -0.15) is 0 Å². The van der Waals surface area contributed by atoms with E-state index in [2.05, 4.69) is 5.32 Å². The fraction of sp³-hybridized carbons (Fsp3) is 0.278. The number of fused-ring (bicyclic) bond motifs is 3. The van der Waals surface area contributed by atoms with Crippen LogP contribution in [0.1, 0.15) is 32.0 Å². The number of hydrogen-bond acceptors (Lipinski definition) is 4. The first-order valence-electron chi connectivity index (χ1n) is 8.38. The van der Waals surface area contributed by atoms with Crippen molar-refractivity contribution in [2.45, 2.75) is 19.5 Å². The van der Waals surface area contributed by atoms with Gasteiger partial charge in [0.2, 0.25) is 0 Å². The Bertz CT molecular complexity index is 1050. The number of benzene rings is 1. The first-order chi connectivity index (χ1) is 12.9. The van der Waals surface area contributed by atoms with Crippen molar-refractivity contribution in [3.8, 4) is 5.75 Å². The van der Waals surface area contributed by atoms with Crippen LogP contribution in [0.5, 0.6) is 5.75 Å². The molecule has 9 heteroatoms. The van der Waals surface area contributed by atoms with Crippen LogP contribution < -0.4 is 10.9 Å². The van der Waals surface area contributed by atoms with Crippen LogP contribution in [0.25, 0.3) is 0 Å². The minimum absolute atomic E-state index is 0.0517. The summed E-state index contributed by atoms with van der Waals surface area (Å²) in [6.45, 7) is 0.961. The number of nitrogens with one attached hydrogen (secondary N) is 1. The van der Waals surface area contributed by atoms with Crippen LogP contribution in [-0.2, 0) is 19.5 Å². The molecule has 140 valence electrons. The lowest BCUT2D eigenvalue weighted by atomic mass is 9.95. The van der Waals surface area contributed by atoms with Crippen molar-refractivity contribution >= 4 is 23.4 Å². The van der Waals surface area contributed by atoms with Crippen LogP contribution >= 0.6 is 11.6 Å². The molecule has 4 rings (SSSR count). The Morgan fingerprint density at radius 3 is 2.74 bits per heavy atom. The molecule has 0 atom stereocenters. The van der Waals surface area contributed by atoms with Crippen molar-refractivity contribution in [1.82, 2.24) is 14.8 Å². The van der Waals surface area contributed by atoms with Gasteiger partial charge >= 0.3 is 0 Å². The lowest BCUT2D eigenvalue weighted by Crippen LogP contribution is -2.46. The van der Waals surface area contributed by atoms with Crippen molar-refractivity contribution in [2.75, 3.05) is 13.1 Å². The van der Waals surface area contributed by atoms with Crippen molar-refractivity contribution in [2.24, 2.45) is 0 Å². The van der Waals surface area contributed by atoms with Crippen molar-refractivity contribution in [3.63, 3.8) is 0 Å². The molecule has 0 bridgehead atoms. The van der Waals surface area contributed by atoms with Crippen LogP contribution in [-0.4, -0.2) is 39.5 Å². The highest BCUT2D eigenvalue weighted by Gasteiger charge is 2.35. The molecule has 2 aliphatic rings. The van der Waals surface area contributed by atoms with Gasteiger partial charge in [-0.15, -0.1) is 0 Å². The van der Waals surface area contributed by atoms with Gasteiger partial charge in [-0.25, -0.2) is 4.39 Å². The summed E-state index contributed by atoms with van der Waals surface area (Å²) in [5, 5.41) is 12.9. The van der Waals surface area contributed by atoms with Gasteiger partial charge in [0, 0.05) is 31.7 Å². The molecule has 2 amide bonds. The summed E-state index contributed by atoms with van der Waals surface area (Å²) in [5.74, 6) is -2.18. The number of carbonyl (C=O) groups excluding carboxylic acids is 2. The largest absolute Gasteiger partial charge is 0.502 e. The monoisotopic (exact) mass is 391 g/mol. The molecule has 1 aromatic carbocycles. The Morgan fingerprint density at radius 1 is 1.22 bits per heavy atom. The molecule has 0 radical (unpaired) electrons. The smallest absolute Gasteiger partial charge is 0.294 e. The van der Waals surface area contributed by atoms with E-state index >= 15 is 0 Å². The fourth-order valence-electron chi connectivity index (χ4n) is 3.59. The van der Waals surface area contributed by atoms with E-state index in [1.54, 1.807) is 0 Å². The summed E-state index contributed by atoms with van der Waals surface area (Å²) >= 11 is 5.78. The predicted octanol–water partition coefficient (Wildman–Crippen LogP) is 1.29. The van der Waals surface area contributed by atoms with Gasteiger partial charge < -0.3 is 15.3 Å². The summed E-state index contributed by atoms with van der Waals surface area (Å²) in [5.41, 5.74) is 0.242. The average molecular weight is 392 g/mol. The van der Waals surface area contributed by atoms with Gasteiger partial charge in [0.15, 0.2) is 5.75 Å². The zero-order valence-electron chi connectivity index (χ0n) is 14.1. The Hall–Kier alpha value is -2.87. The summed E-state index contributed by atoms with van der Waals surface area (Å²) in [7, 11) is 0. The number of hydrogen-bond donors (Lipinski definition) is 2. The highest BCUT2D eigenvalue weighted by atomic mass is 35.5. The van der Waals surface area contributed by atoms with E-state index < -0.39 is 28.9 Å². The molecule has 3 heterocycles. The highest BCUT2D eigenvalue weighted by Crippen LogP contribution is 2.29. The third-order valence-electron chi connectivity index (χ3n) is 4.87. The minimum atomic E-state index is -0.751. The standard InChI is InChI=1S/C18H15ClFN3O4/c19-11-7-9(1-2-12(11)20)8-22-5-3-10-13(17(22)26)15(24)18(27)23-6-4-21-16(25)14(10)23/h1-2,7,24H,3-6,8H2,(H,21,25). The zero-order chi connectivity index (χ0) is 19.3. The van der Waals surface area contributed by atoms with E-state index in [1.165, 1.54) is 27.7 Å². The average Bonchev–Trinajstić information content (AvgIpc) is 2.64. The van der Waals surface area contributed by atoms with E-state index in [9.17, 15) is 23.9 Å². The van der Waals surface area contributed by atoms with Gasteiger partial charge in [0.25, 0.3) is 17.4 Å². The summed E-state index contributed by atoms with van der Waals surface area (Å²) in [6.07, 6.45) is 0.312. The zero-order valence-corrected chi connectivity index (χ0v) is 14.8. The normalized spacial score (nSPS) is 16.0. The number of rotatable bonds is 2. The van der Waals surface area contributed by atoms with Crippen molar-refractivity contribution in [1.29, 1.82) is 0 Å². The van der Waals surface area contributed by atoms with E-state index in [-0.39, 0.29) is 35.9 Å². The molecule has 0 saturated heterocycles.